The van der Waals surface area contributed by atoms with Crippen LogP contribution < -0.4 is 10.3 Å². The Kier molecular flexibility index (Phi) is 3.05. The van der Waals surface area contributed by atoms with Crippen LogP contribution in [0.15, 0.2) is 47.5 Å². The van der Waals surface area contributed by atoms with Crippen molar-refractivity contribution in [3.05, 3.63) is 68.9 Å². The van der Waals surface area contributed by atoms with Gasteiger partial charge in [-0.1, -0.05) is 0 Å². The second kappa shape index (κ2) is 4.80. The van der Waals surface area contributed by atoms with Crippen LogP contribution in [-0.2, 0) is 0 Å². The minimum absolute atomic E-state index is 0.165. The lowest BCUT2D eigenvalue weighted by atomic mass is 10.0. The molecule has 0 bridgehead atoms. The van der Waals surface area contributed by atoms with Gasteiger partial charge in [0, 0.05) is 18.3 Å². The van der Waals surface area contributed by atoms with Crippen molar-refractivity contribution in [2.45, 2.75) is 19.4 Å². The van der Waals surface area contributed by atoms with E-state index in [-0.39, 0.29) is 11.2 Å². The molecule has 0 aromatic carbocycles. The van der Waals surface area contributed by atoms with Crippen LogP contribution in [0.1, 0.15) is 19.5 Å². The van der Waals surface area contributed by atoms with Crippen molar-refractivity contribution in [3.8, 4) is 5.75 Å². The topological polar surface area (TPSA) is 87.3 Å². The highest BCUT2D eigenvalue weighted by atomic mass is 16.6. The lowest BCUT2D eigenvalue weighted by molar-refractivity contribution is -0.385. The summed E-state index contributed by atoms with van der Waals surface area (Å²) in [7, 11) is 0. The molecule has 22 heavy (non-hydrogen) atoms. The molecular formula is C15H13N3O4. The third-order valence-electron chi connectivity index (χ3n) is 3.24. The highest BCUT2D eigenvalue weighted by Gasteiger charge is 2.29. The summed E-state index contributed by atoms with van der Waals surface area (Å²) >= 11 is 0. The van der Waals surface area contributed by atoms with Crippen molar-refractivity contribution in [2.75, 3.05) is 0 Å². The van der Waals surface area contributed by atoms with Gasteiger partial charge in [0.05, 0.1) is 16.8 Å². The fourth-order valence-electron chi connectivity index (χ4n) is 2.33. The third kappa shape index (κ3) is 2.37. The molecule has 2 aromatic heterocycles. The van der Waals surface area contributed by atoms with E-state index in [4.69, 9.17) is 4.74 Å². The van der Waals surface area contributed by atoms with E-state index in [2.05, 4.69) is 4.98 Å². The summed E-state index contributed by atoms with van der Waals surface area (Å²) in [6, 6.07) is 5.83. The zero-order valence-corrected chi connectivity index (χ0v) is 12.0. The number of ether oxygens (including phenoxy) is 1. The fourth-order valence-corrected chi connectivity index (χ4v) is 2.33. The maximum atomic E-state index is 12.1. The van der Waals surface area contributed by atoms with Gasteiger partial charge in [0.25, 0.3) is 11.2 Å². The molecule has 0 N–H and O–H groups in total. The molecule has 3 heterocycles. The minimum atomic E-state index is -0.657. The highest BCUT2D eigenvalue weighted by molar-refractivity contribution is 5.71. The van der Waals surface area contributed by atoms with Gasteiger partial charge in [0.15, 0.2) is 0 Å². The van der Waals surface area contributed by atoms with Gasteiger partial charge in [-0.15, -0.1) is 0 Å². The first-order valence-corrected chi connectivity index (χ1v) is 6.62. The number of fused-ring (bicyclic) bond motifs is 1. The van der Waals surface area contributed by atoms with Gasteiger partial charge in [-0.3, -0.25) is 24.5 Å². The number of nitrogens with zero attached hydrogens (tertiary/aromatic N) is 3. The Morgan fingerprint density at radius 1 is 1.32 bits per heavy atom. The molecule has 0 saturated carbocycles. The largest absolute Gasteiger partial charge is 0.481 e. The Labute approximate surface area is 125 Å². The third-order valence-corrected chi connectivity index (χ3v) is 3.24. The Hall–Kier alpha value is -2.96. The lowest BCUT2D eigenvalue weighted by Crippen LogP contribution is -2.32. The predicted molar refractivity (Wildman–Crippen MR) is 79.7 cm³/mol. The van der Waals surface area contributed by atoms with E-state index in [0.29, 0.717) is 17.1 Å². The molecule has 2 aromatic rings. The van der Waals surface area contributed by atoms with Crippen LogP contribution in [0.3, 0.4) is 0 Å². The SMILES string of the molecule is CC1(C)C=C(n2cc([N+](=O)[O-])ccc2=O)c2ncccc2O1. The minimum Gasteiger partial charge on any atom is -0.481 e. The molecular weight excluding hydrogens is 286 g/mol. The average molecular weight is 299 g/mol. The summed E-state index contributed by atoms with van der Waals surface area (Å²) in [6.07, 6.45) is 4.51. The molecule has 1 aliphatic rings. The molecule has 0 unspecified atom stereocenters. The molecule has 0 aliphatic carbocycles. The van der Waals surface area contributed by atoms with Gasteiger partial charge in [0.1, 0.15) is 17.0 Å². The first kappa shape index (κ1) is 14.0. The fraction of sp³-hybridized carbons (Fsp3) is 0.200. The molecule has 0 saturated heterocycles. The molecule has 1 aliphatic heterocycles. The van der Waals surface area contributed by atoms with Gasteiger partial charge in [-0.05, 0) is 32.1 Å². The van der Waals surface area contributed by atoms with Crippen molar-refractivity contribution in [1.82, 2.24) is 9.55 Å². The number of pyridine rings is 2. The predicted octanol–water partition coefficient (Wildman–Crippen LogP) is 2.21. The van der Waals surface area contributed by atoms with E-state index in [1.165, 1.54) is 22.9 Å². The molecule has 7 nitrogen and oxygen atoms in total. The van der Waals surface area contributed by atoms with Gasteiger partial charge in [-0.25, -0.2) is 0 Å². The van der Waals surface area contributed by atoms with Crippen LogP contribution in [0.25, 0.3) is 5.70 Å². The summed E-state index contributed by atoms with van der Waals surface area (Å²) < 4.78 is 7.03. The molecule has 3 rings (SSSR count). The zero-order chi connectivity index (χ0) is 15.9. The first-order valence-electron chi connectivity index (χ1n) is 6.62. The zero-order valence-electron chi connectivity index (χ0n) is 12.0. The van der Waals surface area contributed by atoms with Crippen molar-refractivity contribution >= 4 is 11.4 Å². The van der Waals surface area contributed by atoms with E-state index in [1.807, 2.05) is 13.8 Å². The van der Waals surface area contributed by atoms with Crippen LogP contribution in [0, 0.1) is 10.1 Å². The molecule has 0 fully saturated rings. The van der Waals surface area contributed by atoms with Crippen molar-refractivity contribution in [3.63, 3.8) is 0 Å². The summed E-state index contributed by atoms with van der Waals surface area (Å²) in [4.78, 5) is 26.8. The maximum Gasteiger partial charge on any atom is 0.286 e. The molecule has 0 spiro atoms. The van der Waals surface area contributed by atoms with Crippen LogP contribution in [0.4, 0.5) is 5.69 Å². The van der Waals surface area contributed by atoms with E-state index in [1.54, 1.807) is 24.4 Å². The number of rotatable bonds is 2. The highest BCUT2D eigenvalue weighted by Crippen LogP contribution is 2.34. The van der Waals surface area contributed by atoms with E-state index < -0.39 is 10.5 Å². The number of aromatic nitrogens is 2. The summed E-state index contributed by atoms with van der Waals surface area (Å²) in [6.45, 7) is 3.68. The first-order chi connectivity index (χ1) is 10.4. The molecule has 112 valence electrons. The summed E-state index contributed by atoms with van der Waals surface area (Å²) in [5.41, 5.74) is -0.242. The number of hydrogen-bond donors (Lipinski definition) is 0. The van der Waals surface area contributed by atoms with Gasteiger partial charge >= 0.3 is 0 Å². The Morgan fingerprint density at radius 2 is 2.09 bits per heavy atom. The average Bonchev–Trinajstić information content (AvgIpc) is 2.45. The number of nitro groups is 1. The summed E-state index contributed by atoms with van der Waals surface area (Å²) in [5, 5.41) is 11.0. The quantitative estimate of drug-likeness (QED) is 0.626. The Balaban J connectivity index is 2.26. The normalized spacial score (nSPS) is 15.5. The van der Waals surface area contributed by atoms with Crippen LogP contribution in [-0.4, -0.2) is 20.1 Å². The molecule has 7 heteroatoms. The smallest absolute Gasteiger partial charge is 0.286 e. The van der Waals surface area contributed by atoms with Crippen LogP contribution in [0.5, 0.6) is 5.75 Å². The second-order valence-corrected chi connectivity index (χ2v) is 5.44. The molecule has 0 atom stereocenters. The molecule has 0 radical (unpaired) electrons. The lowest BCUT2D eigenvalue weighted by Gasteiger charge is -2.30. The van der Waals surface area contributed by atoms with E-state index in [0.717, 1.165) is 0 Å². The number of hydrogen-bond acceptors (Lipinski definition) is 5. The Bertz CT molecular complexity index is 852. The van der Waals surface area contributed by atoms with E-state index in [9.17, 15) is 14.9 Å². The van der Waals surface area contributed by atoms with Gasteiger partial charge in [0.2, 0.25) is 0 Å². The standard InChI is InChI=1S/C15H13N3O4/c1-15(2)8-11(14-12(22-15)4-3-7-16-14)17-9-10(18(20)21)5-6-13(17)19/h3-9H,1-2H3. The van der Waals surface area contributed by atoms with Crippen molar-refractivity contribution in [2.24, 2.45) is 0 Å². The van der Waals surface area contributed by atoms with Gasteiger partial charge in [-0.2, -0.15) is 0 Å². The second-order valence-electron chi connectivity index (χ2n) is 5.44. The van der Waals surface area contributed by atoms with Gasteiger partial charge < -0.3 is 4.74 Å². The van der Waals surface area contributed by atoms with Crippen LogP contribution in [0.2, 0.25) is 0 Å². The van der Waals surface area contributed by atoms with Crippen LogP contribution >= 0.6 is 0 Å². The monoisotopic (exact) mass is 299 g/mol. The molecule has 0 amide bonds. The van der Waals surface area contributed by atoms with Crippen molar-refractivity contribution in [1.29, 1.82) is 0 Å². The Morgan fingerprint density at radius 3 is 2.82 bits per heavy atom. The van der Waals surface area contributed by atoms with Crippen molar-refractivity contribution < 1.29 is 9.66 Å². The van der Waals surface area contributed by atoms with E-state index >= 15 is 0 Å². The summed E-state index contributed by atoms with van der Waals surface area (Å²) in [5.74, 6) is 0.531. The maximum absolute atomic E-state index is 12.1.